The molecule has 2 spiro atoms. The van der Waals surface area contributed by atoms with E-state index in [1.807, 2.05) is 11.3 Å². The summed E-state index contributed by atoms with van der Waals surface area (Å²) in [5, 5.41) is 2.75. The molecule has 17 rings (SSSR count). The van der Waals surface area contributed by atoms with Gasteiger partial charge in [-0.25, -0.2) is 0 Å². The maximum Gasteiger partial charge on any atom is 0.0543 e. The van der Waals surface area contributed by atoms with Gasteiger partial charge < -0.3 is 4.90 Å². The number of nitrogens with zero attached hydrogens (tertiary/aromatic N) is 1. The maximum atomic E-state index is 2.73. The van der Waals surface area contributed by atoms with E-state index in [1.165, 1.54) is 124 Å². The Kier molecular flexibility index (Phi) is 6.18. The summed E-state index contributed by atoms with van der Waals surface area (Å²) in [4.78, 5) is 2.73. The summed E-state index contributed by atoms with van der Waals surface area (Å²) in [7, 11) is 0. The van der Waals surface area contributed by atoms with E-state index in [4.69, 9.17) is 0 Å². The lowest BCUT2D eigenvalue weighted by atomic mass is 9.43. The summed E-state index contributed by atoms with van der Waals surface area (Å²) in [5.41, 5.74) is 16.8. The predicted molar refractivity (Wildman–Crippen MR) is 241 cm³/mol. The minimum Gasteiger partial charge on any atom is -0.310 e. The van der Waals surface area contributed by atoms with Crippen LogP contribution < -0.4 is 4.90 Å². The number of hydrogen-bond donors (Lipinski definition) is 0. The van der Waals surface area contributed by atoms with E-state index in [0.29, 0.717) is 0 Å². The van der Waals surface area contributed by atoms with Gasteiger partial charge in [-0.2, -0.15) is 0 Å². The smallest absolute Gasteiger partial charge is 0.0543 e. The fraction of sp³-hybridized carbons (Fsp3) is 0.357. The first-order valence-electron chi connectivity index (χ1n) is 22.9. The van der Waals surface area contributed by atoms with Crippen molar-refractivity contribution in [1.29, 1.82) is 0 Å². The molecule has 0 radical (unpaired) electrons. The average Bonchev–Trinajstić information content (AvgIpc) is 3.87. The highest BCUT2D eigenvalue weighted by Gasteiger charge is 2.63. The summed E-state index contributed by atoms with van der Waals surface area (Å²) in [6, 6.07) is 51.1. The highest BCUT2D eigenvalue weighted by Crippen LogP contribution is 2.72. The fourth-order valence-corrected chi connectivity index (χ4v) is 18.0. The zero-order valence-corrected chi connectivity index (χ0v) is 34.0. The standard InChI is InChI=1S/C56H49NS/c1-4-11-47-42(8-1)43-18-16-41(31-50(43)56(47)38-26-34-21-35(28-38)29-39(56)27-34)57(40-17-19-53-46(30-40)44-9-3-6-15-52(44)58-53)51-14-7-13-49-54(51)45-10-2-5-12-48(45)55(49)36-22-32-20-33(24-36)25-37(55)23-32/h1-19,30-39H,20-29H2. The van der Waals surface area contributed by atoms with Crippen molar-refractivity contribution in [2.75, 3.05) is 4.90 Å². The Morgan fingerprint density at radius 2 is 0.914 bits per heavy atom. The largest absolute Gasteiger partial charge is 0.310 e. The van der Waals surface area contributed by atoms with E-state index in [9.17, 15) is 0 Å². The van der Waals surface area contributed by atoms with E-state index in [2.05, 4.69) is 132 Å². The van der Waals surface area contributed by atoms with E-state index >= 15 is 0 Å². The summed E-state index contributed by atoms with van der Waals surface area (Å²) in [6.07, 6.45) is 14.2. The van der Waals surface area contributed by atoms with Gasteiger partial charge in [0.15, 0.2) is 0 Å². The van der Waals surface area contributed by atoms with Gasteiger partial charge in [0.1, 0.15) is 0 Å². The number of fused-ring (bicyclic) bond motifs is 9. The minimum absolute atomic E-state index is 0.129. The van der Waals surface area contributed by atoms with Crippen LogP contribution in [0, 0.1) is 47.3 Å². The molecule has 10 aliphatic carbocycles. The summed E-state index contributed by atoms with van der Waals surface area (Å²) >= 11 is 1.93. The summed E-state index contributed by atoms with van der Waals surface area (Å²) in [5.74, 6) is 6.72. The second kappa shape index (κ2) is 11.1. The van der Waals surface area contributed by atoms with Crippen molar-refractivity contribution in [3.05, 3.63) is 150 Å². The average molecular weight is 768 g/mol. The van der Waals surface area contributed by atoms with Gasteiger partial charge >= 0.3 is 0 Å². The lowest BCUT2D eigenvalue weighted by Gasteiger charge is -2.61. The number of anilines is 3. The minimum atomic E-state index is 0.129. The second-order valence-electron chi connectivity index (χ2n) is 20.5. The van der Waals surface area contributed by atoms with Crippen LogP contribution in [-0.2, 0) is 10.8 Å². The molecule has 10 aliphatic rings. The molecule has 1 heterocycles. The van der Waals surface area contributed by atoms with Crippen molar-refractivity contribution in [2.45, 2.75) is 75.0 Å². The molecule has 0 amide bonds. The van der Waals surface area contributed by atoms with E-state index in [1.54, 1.807) is 22.3 Å². The van der Waals surface area contributed by atoms with Crippen molar-refractivity contribution in [2.24, 2.45) is 47.3 Å². The van der Waals surface area contributed by atoms with E-state index in [0.717, 1.165) is 47.3 Å². The number of thiophene rings is 1. The maximum absolute atomic E-state index is 2.73. The van der Waals surface area contributed by atoms with Crippen LogP contribution >= 0.6 is 11.3 Å². The molecule has 7 aromatic rings. The summed E-state index contributed by atoms with van der Waals surface area (Å²) < 4.78 is 2.75. The third-order valence-electron chi connectivity index (χ3n) is 18.2. The Labute approximate surface area is 346 Å². The van der Waals surface area contributed by atoms with E-state index < -0.39 is 0 Å². The molecule has 0 unspecified atom stereocenters. The summed E-state index contributed by atoms with van der Waals surface area (Å²) in [6.45, 7) is 0. The molecule has 1 aromatic heterocycles. The van der Waals surface area contributed by atoms with Gasteiger partial charge in [-0.15, -0.1) is 11.3 Å². The Morgan fingerprint density at radius 1 is 0.397 bits per heavy atom. The normalized spacial score (nSPS) is 33.7. The molecule has 284 valence electrons. The Morgan fingerprint density at radius 3 is 1.62 bits per heavy atom. The van der Waals surface area contributed by atoms with Crippen LogP contribution in [0.3, 0.4) is 0 Å². The monoisotopic (exact) mass is 767 g/mol. The number of hydrogen-bond acceptors (Lipinski definition) is 2. The van der Waals surface area contributed by atoms with Crippen LogP contribution in [0.25, 0.3) is 42.4 Å². The van der Waals surface area contributed by atoms with Crippen molar-refractivity contribution >= 4 is 48.6 Å². The highest BCUT2D eigenvalue weighted by atomic mass is 32.1. The van der Waals surface area contributed by atoms with Crippen LogP contribution in [0.5, 0.6) is 0 Å². The zero-order valence-electron chi connectivity index (χ0n) is 33.2. The van der Waals surface area contributed by atoms with Crippen LogP contribution in [0.1, 0.15) is 86.5 Å². The van der Waals surface area contributed by atoms with Gasteiger partial charge in [0, 0.05) is 47.9 Å². The first kappa shape index (κ1) is 32.2. The molecular weight excluding hydrogens is 719 g/mol. The van der Waals surface area contributed by atoms with Gasteiger partial charge in [0.2, 0.25) is 0 Å². The molecule has 0 atom stereocenters. The number of rotatable bonds is 3. The SMILES string of the molecule is c1ccc2c(c1)-c1ccc(N(c3ccc4sc5ccccc5c4c3)c3cccc4c3-c3ccccc3C43C4CC5CC(C4)CC3C5)cc1C21C2CC3CC(C2)CC1C3. The second-order valence-corrected chi connectivity index (χ2v) is 21.6. The first-order chi connectivity index (χ1) is 28.7. The molecule has 58 heavy (non-hydrogen) atoms. The van der Waals surface area contributed by atoms with Crippen LogP contribution in [-0.4, -0.2) is 0 Å². The van der Waals surface area contributed by atoms with Gasteiger partial charge in [-0.1, -0.05) is 84.9 Å². The molecule has 8 bridgehead atoms. The van der Waals surface area contributed by atoms with Gasteiger partial charge in [-0.3, -0.25) is 0 Å². The molecule has 8 saturated carbocycles. The Hall–Kier alpha value is -4.66. The quantitative estimate of drug-likeness (QED) is 0.173. The molecule has 0 aliphatic heterocycles. The van der Waals surface area contributed by atoms with Gasteiger partial charge in [-0.05, 0) is 193 Å². The topological polar surface area (TPSA) is 3.24 Å². The van der Waals surface area contributed by atoms with Crippen LogP contribution in [0.4, 0.5) is 17.1 Å². The predicted octanol–water partition coefficient (Wildman–Crippen LogP) is 15.0. The molecular formula is C56H49NS. The third kappa shape index (κ3) is 3.83. The van der Waals surface area contributed by atoms with Crippen molar-refractivity contribution in [3.8, 4) is 22.3 Å². The molecule has 1 nitrogen and oxygen atoms in total. The van der Waals surface area contributed by atoms with Crippen molar-refractivity contribution in [1.82, 2.24) is 0 Å². The van der Waals surface area contributed by atoms with Gasteiger partial charge in [0.05, 0.1) is 5.69 Å². The lowest BCUT2D eigenvalue weighted by molar-refractivity contribution is -0.0399. The Bertz CT molecular complexity index is 2850. The van der Waals surface area contributed by atoms with Crippen molar-refractivity contribution in [3.63, 3.8) is 0 Å². The Balaban J connectivity index is 0.997. The van der Waals surface area contributed by atoms with Crippen LogP contribution in [0.15, 0.2) is 127 Å². The fourth-order valence-electron chi connectivity index (χ4n) is 16.9. The molecule has 2 heteroatoms. The number of benzene rings is 6. The lowest BCUT2D eigenvalue weighted by Crippen LogP contribution is -2.55. The molecule has 6 aromatic carbocycles. The van der Waals surface area contributed by atoms with Gasteiger partial charge in [0.25, 0.3) is 0 Å². The zero-order chi connectivity index (χ0) is 37.5. The molecule has 8 fully saturated rings. The highest BCUT2D eigenvalue weighted by molar-refractivity contribution is 7.25. The molecule has 0 saturated heterocycles. The third-order valence-corrected chi connectivity index (χ3v) is 19.4. The van der Waals surface area contributed by atoms with Crippen molar-refractivity contribution < 1.29 is 0 Å². The first-order valence-corrected chi connectivity index (χ1v) is 23.7. The molecule has 0 N–H and O–H groups in total. The van der Waals surface area contributed by atoms with Crippen LogP contribution in [0.2, 0.25) is 0 Å². The van der Waals surface area contributed by atoms with E-state index in [-0.39, 0.29) is 10.8 Å².